The van der Waals surface area contributed by atoms with Crippen molar-refractivity contribution < 1.29 is 9.59 Å². The Balaban J connectivity index is 1.76. The van der Waals surface area contributed by atoms with Crippen molar-refractivity contribution in [3.63, 3.8) is 0 Å². The first kappa shape index (κ1) is 15.3. The van der Waals surface area contributed by atoms with Crippen LogP contribution in [-0.2, 0) is 9.59 Å². The molecule has 0 bridgehead atoms. The van der Waals surface area contributed by atoms with Crippen molar-refractivity contribution >= 4 is 29.1 Å². The molecule has 2 N–H and O–H groups in total. The molecule has 2 rings (SSSR count). The van der Waals surface area contributed by atoms with Gasteiger partial charge in [-0.1, -0.05) is 24.4 Å². The Hall–Kier alpha value is -2.06. The third-order valence-electron chi connectivity index (χ3n) is 3.29. The highest BCUT2D eigenvalue weighted by Crippen LogP contribution is 2.35. The molecule has 2 amide bonds. The number of amides is 2. The minimum absolute atomic E-state index is 0.149. The van der Waals surface area contributed by atoms with Crippen LogP contribution < -0.4 is 10.6 Å². The summed E-state index contributed by atoms with van der Waals surface area (Å²) in [4.78, 5) is 23.5. The van der Waals surface area contributed by atoms with Gasteiger partial charge in [-0.2, -0.15) is 5.26 Å². The van der Waals surface area contributed by atoms with Gasteiger partial charge in [0.25, 0.3) is 0 Å². The van der Waals surface area contributed by atoms with Crippen molar-refractivity contribution in [2.24, 2.45) is 11.8 Å². The van der Waals surface area contributed by atoms with Crippen LogP contribution in [0.3, 0.4) is 0 Å². The molecule has 1 aromatic carbocycles. The lowest BCUT2D eigenvalue weighted by Crippen LogP contribution is -2.36. The Morgan fingerprint density at radius 1 is 1.33 bits per heavy atom. The number of anilines is 1. The van der Waals surface area contributed by atoms with Crippen LogP contribution in [0.1, 0.15) is 19.3 Å². The van der Waals surface area contributed by atoms with E-state index in [4.69, 9.17) is 16.9 Å². The summed E-state index contributed by atoms with van der Waals surface area (Å²) in [5, 5.41) is 14.7. The average molecular weight is 306 g/mol. The van der Waals surface area contributed by atoms with Crippen LogP contribution >= 0.6 is 11.6 Å². The van der Waals surface area contributed by atoms with E-state index in [1.807, 2.05) is 6.07 Å². The van der Waals surface area contributed by atoms with E-state index in [0.717, 1.165) is 12.8 Å². The summed E-state index contributed by atoms with van der Waals surface area (Å²) in [7, 11) is 0. The van der Waals surface area contributed by atoms with Gasteiger partial charge in [0, 0.05) is 10.7 Å². The Bertz CT molecular complexity index is 561. The summed E-state index contributed by atoms with van der Waals surface area (Å²) < 4.78 is 0. The lowest BCUT2D eigenvalue weighted by atomic mass is 10.0. The minimum atomic E-state index is -0.666. The number of carbonyl (C=O) groups is 2. The predicted octanol–water partition coefficient (Wildman–Crippen LogP) is 2.33. The highest BCUT2D eigenvalue weighted by molar-refractivity contribution is 6.30. The number of nitrogens with one attached hydrogen (secondary N) is 2. The van der Waals surface area contributed by atoms with Crippen molar-refractivity contribution in [3.05, 3.63) is 29.3 Å². The number of hydrogen-bond acceptors (Lipinski definition) is 3. The van der Waals surface area contributed by atoms with Crippen LogP contribution in [0.5, 0.6) is 0 Å². The summed E-state index contributed by atoms with van der Waals surface area (Å²) in [6.45, 7) is -0.149. The number of halogens is 1. The van der Waals surface area contributed by atoms with Crippen LogP contribution in [-0.4, -0.2) is 18.4 Å². The normalized spacial score (nSPS) is 14.9. The second-order valence-electron chi connectivity index (χ2n) is 5.13. The molecular weight excluding hydrogens is 290 g/mol. The molecule has 0 radical (unpaired) electrons. The summed E-state index contributed by atoms with van der Waals surface area (Å²) in [6, 6.07) is 8.67. The van der Waals surface area contributed by atoms with Gasteiger partial charge in [-0.3, -0.25) is 9.59 Å². The van der Waals surface area contributed by atoms with Gasteiger partial charge in [0.2, 0.25) is 11.8 Å². The Morgan fingerprint density at radius 2 is 2.00 bits per heavy atom. The Labute approximate surface area is 128 Å². The van der Waals surface area contributed by atoms with Crippen molar-refractivity contribution in [3.8, 4) is 6.07 Å². The molecule has 0 saturated heterocycles. The molecule has 110 valence electrons. The van der Waals surface area contributed by atoms with Gasteiger partial charge in [-0.05, 0) is 36.6 Å². The molecule has 1 atom stereocenters. The van der Waals surface area contributed by atoms with Crippen molar-refractivity contribution in [2.75, 3.05) is 11.9 Å². The van der Waals surface area contributed by atoms with E-state index in [0.29, 0.717) is 23.0 Å². The molecule has 0 aromatic heterocycles. The number of carbonyl (C=O) groups excluding carboxylic acids is 2. The third-order valence-corrected chi connectivity index (χ3v) is 3.54. The number of nitrogens with zero attached hydrogens (tertiary/aromatic N) is 1. The van der Waals surface area contributed by atoms with E-state index < -0.39 is 5.92 Å². The average Bonchev–Trinajstić information content (AvgIpc) is 3.29. The minimum Gasteiger partial charge on any atom is -0.346 e. The summed E-state index contributed by atoms with van der Waals surface area (Å²) in [5.41, 5.74) is 0.605. The van der Waals surface area contributed by atoms with Gasteiger partial charge < -0.3 is 10.6 Å². The van der Waals surface area contributed by atoms with Crippen molar-refractivity contribution in [1.82, 2.24) is 5.32 Å². The molecule has 1 aliphatic carbocycles. The van der Waals surface area contributed by atoms with Gasteiger partial charge in [-0.25, -0.2) is 0 Å². The third kappa shape index (κ3) is 5.09. The highest BCUT2D eigenvalue weighted by Gasteiger charge is 2.29. The zero-order chi connectivity index (χ0) is 15.2. The molecule has 5 nitrogen and oxygen atoms in total. The quantitative estimate of drug-likeness (QED) is 0.846. The molecule has 1 aromatic rings. The highest BCUT2D eigenvalue weighted by atomic mass is 35.5. The van der Waals surface area contributed by atoms with Gasteiger partial charge >= 0.3 is 0 Å². The first-order chi connectivity index (χ1) is 10.1. The molecule has 1 aliphatic rings. The molecule has 0 spiro atoms. The molecule has 1 saturated carbocycles. The maximum Gasteiger partial charge on any atom is 0.243 e. The zero-order valence-corrected chi connectivity index (χ0v) is 12.2. The Morgan fingerprint density at radius 3 is 2.57 bits per heavy atom. The van der Waals surface area contributed by atoms with Gasteiger partial charge in [0.05, 0.1) is 12.6 Å². The topological polar surface area (TPSA) is 82.0 Å². The van der Waals surface area contributed by atoms with E-state index in [1.165, 1.54) is 0 Å². The SMILES string of the molecule is N#CC(CC1CC1)C(=O)NCC(=O)Nc1ccc(Cl)cc1. The zero-order valence-electron chi connectivity index (χ0n) is 11.4. The fourth-order valence-electron chi connectivity index (χ4n) is 1.93. The van der Waals surface area contributed by atoms with Gasteiger partial charge in [0.15, 0.2) is 0 Å². The lowest BCUT2D eigenvalue weighted by molar-refractivity contribution is -0.126. The smallest absolute Gasteiger partial charge is 0.243 e. The van der Waals surface area contributed by atoms with Gasteiger partial charge in [0.1, 0.15) is 5.92 Å². The van der Waals surface area contributed by atoms with Crippen LogP contribution in [0.15, 0.2) is 24.3 Å². The molecule has 21 heavy (non-hydrogen) atoms. The van der Waals surface area contributed by atoms with Crippen molar-refractivity contribution in [1.29, 1.82) is 5.26 Å². The fraction of sp³-hybridized carbons (Fsp3) is 0.400. The van der Waals surface area contributed by atoms with Crippen LogP contribution in [0.25, 0.3) is 0 Å². The summed E-state index contributed by atoms with van der Waals surface area (Å²) in [5.74, 6) is -0.895. The first-order valence-corrected chi connectivity index (χ1v) is 7.19. The first-order valence-electron chi connectivity index (χ1n) is 6.81. The maximum atomic E-state index is 11.8. The molecular formula is C15H16ClN3O2. The molecule has 1 unspecified atom stereocenters. The Kier molecular flexibility index (Phi) is 5.18. The lowest BCUT2D eigenvalue weighted by Gasteiger charge is -2.10. The molecule has 6 heteroatoms. The largest absolute Gasteiger partial charge is 0.346 e. The molecule has 0 heterocycles. The van der Waals surface area contributed by atoms with Gasteiger partial charge in [-0.15, -0.1) is 0 Å². The molecule has 0 aliphatic heterocycles. The van der Waals surface area contributed by atoms with Crippen molar-refractivity contribution in [2.45, 2.75) is 19.3 Å². The number of rotatable bonds is 6. The number of benzene rings is 1. The number of nitriles is 1. The maximum absolute atomic E-state index is 11.8. The standard InChI is InChI=1S/C15H16ClN3O2/c16-12-3-5-13(6-4-12)19-14(20)9-18-15(21)11(8-17)7-10-1-2-10/h3-6,10-11H,1-2,7,9H2,(H,18,21)(H,19,20). The van der Waals surface area contributed by atoms with E-state index in [1.54, 1.807) is 24.3 Å². The summed E-state index contributed by atoms with van der Waals surface area (Å²) >= 11 is 5.75. The molecule has 1 fully saturated rings. The summed E-state index contributed by atoms with van der Waals surface area (Å²) in [6.07, 6.45) is 2.76. The van der Waals surface area contributed by atoms with E-state index in [9.17, 15) is 9.59 Å². The number of hydrogen-bond donors (Lipinski definition) is 2. The van der Waals surface area contributed by atoms with Crippen LogP contribution in [0, 0.1) is 23.2 Å². The second kappa shape index (κ2) is 7.09. The van der Waals surface area contributed by atoms with Crippen LogP contribution in [0.4, 0.5) is 5.69 Å². The second-order valence-corrected chi connectivity index (χ2v) is 5.57. The van der Waals surface area contributed by atoms with E-state index >= 15 is 0 Å². The predicted molar refractivity (Wildman–Crippen MR) is 79.5 cm³/mol. The van der Waals surface area contributed by atoms with E-state index in [-0.39, 0.29) is 18.4 Å². The fourth-order valence-corrected chi connectivity index (χ4v) is 2.06. The van der Waals surface area contributed by atoms with Crippen LogP contribution in [0.2, 0.25) is 5.02 Å². The monoisotopic (exact) mass is 305 g/mol. The van der Waals surface area contributed by atoms with E-state index in [2.05, 4.69) is 10.6 Å².